The molecule has 0 radical (unpaired) electrons. The van der Waals surface area contributed by atoms with Gasteiger partial charge < -0.3 is 10.2 Å². The lowest BCUT2D eigenvalue weighted by atomic mass is 9.98. The van der Waals surface area contributed by atoms with Gasteiger partial charge in [-0.3, -0.25) is 0 Å². The van der Waals surface area contributed by atoms with Crippen LogP contribution >= 0.6 is 0 Å². The summed E-state index contributed by atoms with van der Waals surface area (Å²) in [5, 5.41) is 19.2. The predicted octanol–water partition coefficient (Wildman–Crippen LogP) is 2.72. The van der Waals surface area contributed by atoms with Crippen LogP contribution in [0.25, 0.3) is 0 Å². The molecule has 0 aromatic carbocycles. The average Bonchev–Trinajstić information content (AvgIpc) is 2.11. The van der Waals surface area contributed by atoms with E-state index < -0.39 is 12.2 Å². The van der Waals surface area contributed by atoms with Crippen molar-refractivity contribution in [3.05, 3.63) is 0 Å². The maximum Gasteiger partial charge on any atom is 0.0801 e. The topological polar surface area (TPSA) is 40.5 Å². The van der Waals surface area contributed by atoms with Crippen molar-refractivity contribution < 1.29 is 10.2 Å². The van der Waals surface area contributed by atoms with E-state index in [1.54, 1.807) is 0 Å². The van der Waals surface area contributed by atoms with Crippen molar-refractivity contribution in [2.24, 2.45) is 5.92 Å². The van der Waals surface area contributed by atoms with E-state index in [0.29, 0.717) is 12.3 Å². The van der Waals surface area contributed by atoms with Crippen LogP contribution in [-0.4, -0.2) is 22.4 Å². The van der Waals surface area contributed by atoms with Crippen LogP contribution in [0.5, 0.6) is 0 Å². The quantitative estimate of drug-likeness (QED) is 0.594. The molecule has 86 valence electrons. The summed E-state index contributed by atoms with van der Waals surface area (Å²) in [6, 6.07) is 0. The van der Waals surface area contributed by atoms with Crippen molar-refractivity contribution in [2.45, 2.75) is 71.5 Å². The van der Waals surface area contributed by atoms with Gasteiger partial charge in [0.2, 0.25) is 0 Å². The monoisotopic (exact) mass is 202 g/mol. The Morgan fingerprint density at radius 3 is 2.07 bits per heavy atom. The minimum absolute atomic E-state index is 0.454. The van der Waals surface area contributed by atoms with Gasteiger partial charge in [-0.05, 0) is 18.8 Å². The van der Waals surface area contributed by atoms with Gasteiger partial charge in [0.1, 0.15) is 0 Å². The van der Waals surface area contributed by atoms with Gasteiger partial charge in [0.05, 0.1) is 12.2 Å². The van der Waals surface area contributed by atoms with E-state index in [2.05, 4.69) is 20.8 Å². The van der Waals surface area contributed by atoms with E-state index in [9.17, 15) is 10.2 Å². The molecule has 0 aromatic heterocycles. The summed E-state index contributed by atoms with van der Waals surface area (Å²) >= 11 is 0. The highest BCUT2D eigenvalue weighted by atomic mass is 16.3. The zero-order chi connectivity index (χ0) is 11.0. The molecule has 0 rings (SSSR count). The molecule has 0 saturated carbocycles. The zero-order valence-electron chi connectivity index (χ0n) is 9.87. The lowest BCUT2D eigenvalue weighted by molar-refractivity contribution is 0.00181. The molecule has 14 heavy (non-hydrogen) atoms. The van der Waals surface area contributed by atoms with Crippen LogP contribution in [0, 0.1) is 5.92 Å². The molecular weight excluding hydrogens is 176 g/mol. The van der Waals surface area contributed by atoms with E-state index in [1.165, 1.54) is 19.3 Å². The smallest absolute Gasteiger partial charge is 0.0801 e. The number of unbranched alkanes of at least 4 members (excludes halogenated alkanes) is 3. The van der Waals surface area contributed by atoms with Crippen molar-refractivity contribution in [2.75, 3.05) is 0 Å². The van der Waals surface area contributed by atoms with Crippen LogP contribution in [-0.2, 0) is 0 Å². The zero-order valence-corrected chi connectivity index (χ0v) is 9.87. The van der Waals surface area contributed by atoms with E-state index in [4.69, 9.17) is 0 Å². The molecule has 2 unspecified atom stereocenters. The Balaban J connectivity index is 3.46. The minimum Gasteiger partial charge on any atom is -0.390 e. The van der Waals surface area contributed by atoms with Gasteiger partial charge in [0.15, 0.2) is 0 Å². The molecule has 2 heteroatoms. The third-order valence-electron chi connectivity index (χ3n) is 2.51. The first-order valence-corrected chi connectivity index (χ1v) is 5.94. The van der Waals surface area contributed by atoms with Crippen molar-refractivity contribution in [1.29, 1.82) is 0 Å². The fourth-order valence-corrected chi connectivity index (χ4v) is 1.61. The third kappa shape index (κ3) is 7.34. The van der Waals surface area contributed by atoms with E-state index >= 15 is 0 Å². The van der Waals surface area contributed by atoms with Crippen LogP contribution < -0.4 is 0 Å². The normalized spacial score (nSPS) is 15.9. The fourth-order valence-electron chi connectivity index (χ4n) is 1.61. The number of hydrogen-bond donors (Lipinski definition) is 2. The van der Waals surface area contributed by atoms with Crippen LogP contribution in [0.15, 0.2) is 0 Å². The van der Waals surface area contributed by atoms with Gasteiger partial charge >= 0.3 is 0 Å². The summed E-state index contributed by atoms with van der Waals surface area (Å²) in [7, 11) is 0. The Labute approximate surface area is 88.3 Å². The van der Waals surface area contributed by atoms with Crippen LogP contribution in [0.3, 0.4) is 0 Å². The SMILES string of the molecule is CCCCCCC(O)C(O)CC(C)C. The fraction of sp³-hybridized carbons (Fsp3) is 1.00. The molecule has 0 saturated heterocycles. The van der Waals surface area contributed by atoms with Crippen molar-refractivity contribution in [1.82, 2.24) is 0 Å². The molecule has 2 N–H and O–H groups in total. The molecule has 2 atom stereocenters. The Morgan fingerprint density at radius 2 is 1.57 bits per heavy atom. The molecule has 0 fully saturated rings. The van der Waals surface area contributed by atoms with Gasteiger partial charge in [-0.15, -0.1) is 0 Å². The van der Waals surface area contributed by atoms with Gasteiger partial charge in [-0.2, -0.15) is 0 Å². The van der Waals surface area contributed by atoms with Crippen LogP contribution in [0.4, 0.5) is 0 Å². The highest BCUT2D eigenvalue weighted by molar-refractivity contribution is 4.68. The summed E-state index contributed by atoms with van der Waals surface area (Å²) in [4.78, 5) is 0. The Hall–Kier alpha value is -0.0800. The van der Waals surface area contributed by atoms with Gasteiger partial charge in [0, 0.05) is 0 Å². The Bertz CT molecular complexity index is 123. The lowest BCUT2D eigenvalue weighted by Gasteiger charge is -2.19. The summed E-state index contributed by atoms with van der Waals surface area (Å²) in [6.45, 7) is 6.30. The van der Waals surface area contributed by atoms with E-state index in [0.717, 1.165) is 12.8 Å². The number of hydrogen-bond acceptors (Lipinski definition) is 2. The first-order valence-electron chi connectivity index (χ1n) is 5.94. The lowest BCUT2D eigenvalue weighted by Crippen LogP contribution is -2.27. The molecule has 0 aliphatic rings. The second-order valence-corrected chi connectivity index (χ2v) is 4.61. The first-order chi connectivity index (χ1) is 6.57. The second-order valence-electron chi connectivity index (χ2n) is 4.61. The maximum absolute atomic E-state index is 9.62. The minimum atomic E-state index is -0.531. The molecular formula is C12H26O2. The van der Waals surface area contributed by atoms with Gasteiger partial charge in [0.25, 0.3) is 0 Å². The third-order valence-corrected chi connectivity index (χ3v) is 2.51. The van der Waals surface area contributed by atoms with Crippen LogP contribution in [0.1, 0.15) is 59.3 Å². The van der Waals surface area contributed by atoms with E-state index in [1.807, 2.05) is 0 Å². The molecule has 0 aliphatic heterocycles. The molecule has 0 bridgehead atoms. The summed E-state index contributed by atoms with van der Waals surface area (Å²) in [5.74, 6) is 0.454. The van der Waals surface area contributed by atoms with Gasteiger partial charge in [-0.1, -0.05) is 46.5 Å². The molecule has 0 heterocycles. The maximum atomic E-state index is 9.62. The molecule has 2 nitrogen and oxygen atoms in total. The summed E-state index contributed by atoms with van der Waals surface area (Å²) < 4.78 is 0. The van der Waals surface area contributed by atoms with E-state index in [-0.39, 0.29) is 0 Å². The number of rotatable bonds is 8. The highest BCUT2D eigenvalue weighted by Gasteiger charge is 2.16. The predicted molar refractivity (Wildman–Crippen MR) is 60.2 cm³/mol. The number of aliphatic hydroxyl groups excluding tert-OH is 2. The summed E-state index contributed by atoms with van der Waals surface area (Å²) in [5.41, 5.74) is 0. The van der Waals surface area contributed by atoms with Crippen molar-refractivity contribution in [3.63, 3.8) is 0 Å². The molecule has 0 aromatic rings. The molecule has 0 amide bonds. The second kappa shape index (κ2) is 8.25. The van der Waals surface area contributed by atoms with Crippen molar-refractivity contribution >= 4 is 0 Å². The highest BCUT2D eigenvalue weighted by Crippen LogP contribution is 2.13. The largest absolute Gasteiger partial charge is 0.390 e. The van der Waals surface area contributed by atoms with Crippen molar-refractivity contribution in [3.8, 4) is 0 Å². The summed E-state index contributed by atoms with van der Waals surface area (Å²) in [6.07, 6.45) is 5.04. The molecule has 0 aliphatic carbocycles. The standard InChI is InChI=1S/C12H26O2/c1-4-5-6-7-8-11(13)12(14)9-10(2)3/h10-14H,4-9H2,1-3H3. The number of aliphatic hydroxyl groups is 2. The van der Waals surface area contributed by atoms with Gasteiger partial charge in [-0.25, -0.2) is 0 Å². The molecule has 0 spiro atoms. The first kappa shape index (κ1) is 13.9. The Kier molecular flexibility index (Phi) is 8.20. The van der Waals surface area contributed by atoms with Crippen LogP contribution in [0.2, 0.25) is 0 Å². The Morgan fingerprint density at radius 1 is 0.929 bits per heavy atom. The average molecular weight is 202 g/mol.